The van der Waals surface area contributed by atoms with Gasteiger partial charge in [-0.25, -0.2) is 4.79 Å². The van der Waals surface area contributed by atoms with Crippen molar-refractivity contribution < 1.29 is 13.6 Å². The Labute approximate surface area is 144 Å². The highest BCUT2D eigenvalue weighted by atomic mass is 32.2. The van der Waals surface area contributed by atoms with Crippen LogP contribution in [0.15, 0.2) is 59.5 Å². The van der Waals surface area contributed by atoms with E-state index >= 15 is 0 Å². The van der Waals surface area contributed by atoms with Crippen LogP contribution in [-0.2, 0) is 17.6 Å². The van der Waals surface area contributed by atoms with Crippen LogP contribution in [0.4, 0.5) is 4.79 Å². The number of urea groups is 1. The molecule has 1 unspecified atom stereocenters. The fourth-order valence-electron chi connectivity index (χ4n) is 2.95. The predicted molar refractivity (Wildman–Crippen MR) is 91.2 cm³/mol. The molecule has 1 N–H and O–H groups in total. The zero-order valence-corrected chi connectivity index (χ0v) is 14.0. The van der Waals surface area contributed by atoms with Crippen LogP contribution in [0.1, 0.15) is 23.5 Å². The van der Waals surface area contributed by atoms with E-state index < -0.39 is 11.1 Å². The molecule has 2 amide bonds. The number of carbonyl (C=O) groups excluding carboxylic acids is 1. The lowest BCUT2D eigenvalue weighted by Crippen LogP contribution is -2.37. The molecule has 1 aliphatic rings. The highest BCUT2D eigenvalue weighted by Gasteiger charge is 2.26. The molecule has 0 aromatic heterocycles. The van der Waals surface area contributed by atoms with Gasteiger partial charge in [-0.2, -0.15) is 0 Å². The first-order valence-corrected chi connectivity index (χ1v) is 8.97. The van der Waals surface area contributed by atoms with E-state index in [4.69, 9.17) is 0 Å². The van der Waals surface area contributed by atoms with Crippen molar-refractivity contribution in [2.24, 2.45) is 0 Å². The first-order chi connectivity index (χ1) is 11.6. The highest BCUT2D eigenvalue weighted by Crippen LogP contribution is 2.26. The van der Waals surface area contributed by atoms with Gasteiger partial charge in [-0.1, -0.05) is 42.5 Å². The monoisotopic (exact) mass is 343 g/mol. The molecule has 0 saturated carbocycles. The zero-order valence-electron chi connectivity index (χ0n) is 13.2. The first kappa shape index (κ1) is 16.7. The molecule has 126 valence electrons. The normalized spacial score (nSPS) is 18.4. The molecule has 1 saturated heterocycles. The van der Waals surface area contributed by atoms with Crippen molar-refractivity contribution in [3.8, 4) is 0 Å². The van der Waals surface area contributed by atoms with Crippen molar-refractivity contribution in [2.75, 3.05) is 13.1 Å². The summed E-state index contributed by atoms with van der Waals surface area (Å²) in [5.41, 5.74) is 2.14. The van der Waals surface area contributed by atoms with Gasteiger partial charge in [-0.05, 0) is 40.8 Å². The third-order valence-electron chi connectivity index (χ3n) is 4.31. The van der Waals surface area contributed by atoms with Gasteiger partial charge in [0.15, 0.2) is 0 Å². The average molecular weight is 343 g/mol. The van der Waals surface area contributed by atoms with Crippen molar-refractivity contribution in [3.05, 3.63) is 65.7 Å². The zero-order chi connectivity index (χ0) is 16.9. The molecule has 6 heteroatoms. The van der Waals surface area contributed by atoms with Crippen LogP contribution < -0.4 is 5.32 Å². The number of benzene rings is 2. The molecule has 24 heavy (non-hydrogen) atoms. The fourth-order valence-corrected chi connectivity index (χ4v) is 3.31. The van der Waals surface area contributed by atoms with Crippen LogP contribution in [0.3, 0.4) is 0 Å². The molecular weight excluding hydrogens is 324 g/mol. The summed E-state index contributed by atoms with van der Waals surface area (Å²) in [5, 5.41) is 2.89. The lowest BCUT2D eigenvalue weighted by Gasteiger charge is -2.18. The summed E-state index contributed by atoms with van der Waals surface area (Å²) < 4.78 is 21.6. The topological polar surface area (TPSA) is 72.5 Å². The van der Waals surface area contributed by atoms with Crippen molar-refractivity contribution in [3.63, 3.8) is 0 Å². The first-order valence-electron chi connectivity index (χ1n) is 7.89. The fraction of sp³-hybridized carbons (Fsp3) is 0.278. The van der Waals surface area contributed by atoms with E-state index in [9.17, 15) is 13.6 Å². The summed E-state index contributed by atoms with van der Waals surface area (Å²) in [5.74, 6) is 0.392. The number of nitrogens with zero attached hydrogens (tertiary/aromatic N) is 1. The summed E-state index contributed by atoms with van der Waals surface area (Å²) in [7, 11) is 0. The van der Waals surface area contributed by atoms with E-state index in [0.29, 0.717) is 12.5 Å². The SMILES string of the molecule is O=C(NCc1ccc(S(=O)[O-])cc1)N1CC[C@@H](c2ccccc2)C1. The molecule has 3 rings (SSSR count). The molecule has 1 heterocycles. The van der Waals surface area contributed by atoms with Crippen molar-refractivity contribution in [2.45, 2.75) is 23.8 Å². The van der Waals surface area contributed by atoms with E-state index in [-0.39, 0.29) is 10.9 Å². The molecule has 0 radical (unpaired) electrons. The smallest absolute Gasteiger partial charge is 0.317 e. The summed E-state index contributed by atoms with van der Waals surface area (Å²) >= 11 is -2.22. The van der Waals surface area contributed by atoms with Gasteiger partial charge in [0, 0.05) is 30.4 Å². The predicted octanol–water partition coefficient (Wildman–Crippen LogP) is 2.62. The van der Waals surface area contributed by atoms with Crippen LogP contribution in [0.2, 0.25) is 0 Å². The van der Waals surface area contributed by atoms with Gasteiger partial charge >= 0.3 is 6.03 Å². The quantitative estimate of drug-likeness (QED) is 0.868. The third kappa shape index (κ3) is 4.01. The number of hydrogen-bond acceptors (Lipinski definition) is 3. The van der Waals surface area contributed by atoms with Crippen LogP contribution in [0, 0.1) is 0 Å². The van der Waals surface area contributed by atoms with E-state index in [1.807, 2.05) is 23.1 Å². The molecule has 0 spiro atoms. The summed E-state index contributed by atoms with van der Waals surface area (Å²) in [6.45, 7) is 1.86. The molecule has 2 aromatic carbocycles. The second kappa shape index (κ2) is 7.59. The third-order valence-corrected chi connectivity index (χ3v) is 4.96. The minimum atomic E-state index is -2.22. The van der Waals surface area contributed by atoms with Crippen LogP contribution >= 0.6 is 0 Å². The second-order valence-electron chi connectivity index (χ2n) is 5.88. The molecule has 0 aliphatic carbocycles. The summed E-state index contributed by atoms with van der Waals surface area (Å²) in [4.78, 5) is 14.4. The van der Waals surface area contributed by atoms with Crippen LogP contribution in [0.25, 0.3) is 0 Å². The molecule has 1 fully saturated rings. The maximum Gasteiger partial charge on any atom is 0.317 e. The summed E-state index contributed by atoms with van der Waals surface area (Å²) in [6.07, 6.45) is 0.974. The number of hydrogen-bond donors (Lipinski definition) is 1. The van der Waals surface area contributed by atoms with Crippen molar-refractivity contribution in [1.29, 1.82) is 0 Å². The Hall–Kier alpha value is -2.18. The molecule has 1 aliphatic heterocycles. The maximum atomic E-state index is 12.3. The van der Waals surface area contributed by atoms with Gasteiger partial charge in [-0.15, -0.1) is 0 Å². The Morgan fingerprint density at radius 3 is 2.54 bits per heavy atom. The maximum absolute atomic E-state index is 12.3. The van der Waals surface area contributed by atoms with Gasteiger partial charge in [0.1, 0.15) is 0 Å². The Bertz CT molecular complexity index is 719. The minimum absolute atomic E-state index is 0.0788. The van der Waals surface area contributed by atoms with Gasteiger partial charge in [0.2, 0.25) is 0 Å². The molecule has 5 nitrogen and oxygen atoms in total. The van der Waals surface area contributed by atoms with Crippen molar-refractivity contribution in [1.82, 2.24) is 10.2 Å². The largest absolute Gasteiger partial charge is 0.768 e. The van der Waals surface area contributed by atoms with Crippen molar-refractivity contribution >= 4 is 17.1 Å². The van der Waals surface area contributed by atoms with Gasteiger partial charge in [-0.3, -0.25) is 4.21 Å². The molecule has 2 atom stereocenters. The number of amides is 2. The minimum Gasteiger partial charge on any atom is -0.768 e. The van der Waals surface area contributed by atoms with E-state index in [1.165, 1.54) is 17.7 Å². The van der Waals surface area contributed by atoms with Gasteiger partial charge in [0.05, 0.1) is 0 Å². The standard InChI is InChI=1S/C18H20N2O3S/c21-18(19-12-14-6-8-17(9-7-14)24(22)23)20-11-10-16(13-20)15-4-2-1-3-5-15/h1-9,16H,10-13H2,(H,19,21)(H,22,23)/p-1/t16-/m1/s1. The Morgan fingerprint density at radius 2 is 1.88 bits per heavy atom. The van der Waals surface area contributed by atoms with E-state index in [0.717, 1.165) is 25.1 Å². The van der Waals surface area contributed by atoms with E-state index in [2.05, 4.69) is 17.4 Å². The Balaban J connectivity index is 1.51. The second-order valence-corrected chi connectivity index (χ2v) is 6.82. The van der Waals surface area contributed by atoms with E-state index in [1.54, 1.807) is 12.1 Å². The van der Waals surface area contributed by atoms with Gasteiger partial charge in [0.25, 0.3) is 0 Å². The lowest BCUT2D eigenvalue weighted by atomic mass is 9.99. The molecular formula is C18H19N2O3S-. The average Bonchev–Trinajstić information content (AvgIpc) is 3.11. The molecule has 2 aromatic rings. The Morgan fingerprint density at radius 1 is 1.17 bits per heavy atom. The number of likely N-dealkylation sites (tertiary alicyclic amines) is 1. The van der Waals surface area contributed by atoms with Crippen LogP contribution in [-0.4, -0.2) is 32.8 Å². The molecule has 0 bridgehead atoms. The summed E-state index contributed by atoms with van der Waals surface area (Å²) in [6, 6.07) is 16.7. The van der Waals surface area contributed by atoms with Gasteiger partial charge < -0.3 is 14.8 Å². The number of carbonyl (C=O) groups is 1. The lowest BCUT2D eigenvalue weighted by molar-refractivity contribution is 0.208. The van der Waals surface area contributed by atoms with Crippen LogP contribution in [0.5, 0.6) is 0 Å². The highest BCUT2D eigenvalue weighted by molar-refractivity contribution is 7.79. The Kier molecular flexibility index (Phi) is 5.27. The number of rotatable bonds is 4. The number of nitrogens with one attached hydrogen (secondary N) is 1.